The summed E-state index contributed by atoms with van der Waals surface area (Å²) >= 11 is 0. The minimum atomic E-state index is -0.622. The van der Waals surface area contributed by atoms with Crippen LogP contribution in [-0.2, 0) is 16.1 Å². The lowest BCUT2D eigenvalue weighted by Crippen LogP contribution is -2.03. The van der Waals surface area contributed by atoms with Crippen molar-refractivity contribution < 1.29 is 23.9 Å². The topological polar surface area (TPSA) is 87.9 Å². The molecule has 0 aliphatic carbocycles. The van der Waals surface area contributed by atoms with Crippen LogP contribution in [0.25, 0.3) is 6.08 Å². The maximum absolute atomic E-state index is 11.9. The fourth-order valence-corrected chi connectivity index (χ4v) is 2.14. The minimum absolute atomic E-state index is 0.0891. The standard InChI is InChI=1S/C18H17NO6/c1-23-15-8-9-17(24-2)13(11-15)7-10-18(20)25-12-14-5-3-4-6-16(14)19(21)22/h3-11H,12H2,1-2H3/b10-7+. The first kappa shape index (κ1) is 18.0. The number of esters is 1. The van der Waals surface area contributed by atoms with Crippen molar-refractivity contribution in [1.29, 1.82) is 0 Å². The first-order valence-corrected chi connectivity index (χ1v) is 7.34. The summed E-state index contributed by atoms with van der Waals surface area (Å²) < 4.78 is 15.4. The molecule has 130 valence electrons. The number of methoxy groups -OCH3 is 2. The predicted molar refractivity (Wildman–Crippen MR) is 91.5 cm³/mol. The van der Waals surface area contributed by atoms with Crippen molar-refractivity contribution in [3.8, 4) is 11.5 Å². The molecule has 0 saturated heterocycles. The Balaban J connectivity index is 2.06. The lowest BCUT2D eigenvalue weighted by molar-refractivity contribution is -0.385. The molecule has 0 radical (unpaired) electrons. The van der Waals surface area contributed by atoms with E-state index in [1.54, 1.807) is 36.4 Å². The van der Waals surface area contributed by atoms with Gasteiger partial charge in [0.05, 0.1) is 24.7 Å². The normalized spacial score (nSPS) is 10.5. The number of carbonyl (C=O) groups is 1. The van der Waals surface area contributed by atoms with Gasteiger partial charge in [0, 0.05) is 17.7 Å². The van der Waals surface area contributed by atoms with Gasteiger partial charge in [-0.1, -0.05) is 12.1 Å². The Morgan fingerprint density at radius 3 is 2.60 bits per heavy atom. The SMILES string of the molecule is COc1ccc(OC)c(/C=C/C(=O)OCc2ccccc2[N+](=O)[O-])c1. The zero-order valence-electron chi connectivity index (χ0n) is 13.8. The molecular weight excluding hydrogens is 326 g/mol. The van der Waals surface area contributed by atoms with E-state index in [4.69, 9.17) is 14.2 Å². The van der Waals surface area contributed by atoms with Crippen molar-refractivity contribution >= 4 is 17.7 Å². The summed E-state index contributed by atoms with van der Waals surface area (Å²) in [7, 11) is 3.06. The molecule has 0 saturated carbocycles. The van der Waals surface area contributed by atoms with E-state index >= 15 is 0 Å². The number of nitrogens with zero attached hydrogens (tertiary/aromatic N) is 1. The van der Waals surface area contributed by atoms with Gasteiger partial charge < -0.3 is 14.2 Å². The predicted octanol–water partition coefficient (Wildman–Crippen LogP) is 3.37. The first-order valence-electron chi connectivity index (χ1n) is 7.34. The van der Waals surface area contributed by atoms with Crippen molar-refractivity contribution in [2.24, 2.45) is 0 Å². The van der Waals surface area contributed by atoms with Gasteiger partial charge >= 0.3 is 5.97 Å². The first-order chi connectivity index (χ1) is 12.0. The summed E-state index contributed by atoms with van der Waals surface area (Å²) in [5.41, 5.74) is 0.881. The van der Waals surface area contributed by atoms with Gasteiger partial charge in [0.15, 0.2) is 0 Å². The minimum Gasteiger partial charge on any atom is -0.497 e. The van der Waals surface area contributed by atoms with Crippen LogP contribution < -0.4 is 9.47 Å². The summed E-state index contributed by atoms with van der Waals surface area (Å²) in [5.74, 6) is 0.570. The molecule has 0 aromatic heterocycles. The molecule has 0 unspecified atom stereocenters. The second-order valence-electron chi connectivity index (χ2n) is 4.93. The van der Waals surface area contributed by atoms with E-state index < -0.39 is 10.9 Å². The third kappa shape index (κ3) is 4.81. The van der Waals surface area contributed by atoms with Gasteiger partial charge in [0.1, 0.15) is 18.1 Å². The monoisotopic (exact) mass is 343 g/mol. The number of carbonyl (C=O) groups excluding carboxylic acids is 1. The van der Waals surface area contributed by atoms with Gasteiger partial charge in [-0.3, -0.25) is 10.1 Å². The van der Waals surface area contributed by atoms with Crippen molar-refractivity contribution in [1.82, 2.24) is 0 Å². The number of nitro benzene ring substituents is 1. The average molecular weight is 343 g/mol. The third-order valence-electron chi connectivity index (χ3n) is 3.39. The highest BCUT2D eigenvalue weighted by Crippen LogP contribution is 2.25. The van der Waals surface area contributed by atoms with Crippen LogP contribution in [0.1, 0.15) is 11.1 Å². The molecule has 0 spiro atoms. The Kier molecular flexibility index (Phi) is 6.11. The molecular formula is C18H17NO6. The molecule has 2 aromatic rings. The largest absolute Gasteiger partial charge is 0.497 e. The van der Waals surface area contributed by atoms with E-state index in [0.717, 1.165) is 0 Å². The second kappa shape index (κ2) is 8.49. The Hall–Kier alpha value is -3.35. The van der Waals surface area contributed by atoms with E-state index in [0.29, 0.717) is 22.6 Å². The Morgan fingerprint density at radius 1 is 1.16 bits per heavy atom. The van der Waals surface area contributed by atoms with E-state index in [9.17, 15) is 14.9 Å². The van der Waals surface area contributed by atoms with E-state index in [-0.39, 0.29) is 12.3 Å². The van der Waals surface area contributed by atoms with Crippen LogP contribution in [0.5, 0.6) is 11.5 Å². The number of ether oxygens (including phenoxy) is 3. The fourth-order valence-electron chi connectivity index (χ4n) is 2.14. The van der Waals surface area contributed by atoms with Crippen LogP contribution in [0.2, 0.25) is 0 Å². The zero-order valence-corrected chi connectivity index (χ0v) is 13.8. The Labute approximate surface area is 144 Å². The van der Waals surface area contributed by atoms with Gasteiger partial charge in [0.2, 0.25) is 0 Å². The van der Waals surface area contributed by atoms with Crippen LogP contribution in [0.15, 0.2) is 48.5 Å². The molecule has 0 atom stereocenters. The number of hydrogen-bond donors (Lipinski definition) is 0. The van der Waals surface area contributed by atoms with Crippen molar-refractivity contribution in [2.75, 3.05) is 14.2 Å². The molecule has 0 amide bonds. The van der Waals surface area contributed by atoms with Gasteiger partial charge in [-0.25, -0.2) is 4.79 Å². The van der Waals surface area contributed by atoms with Gasteiger partial charge in [-0.2, -0.15) is 0 Å². The maximum atomic E-state index is 11.9. The van der Waals surface area contributed by atoms with Crippen LogP contribution >= 0.6 is 0 Å². The molecule has 0 aliphatic heterocycles. The summed E-state index contributed by atoms with van der Waals surface area (Å²) in [6, 6.07) is 11.3. The summed E-state index contributed by atoms with van der Waals surface area (Å²) in [6.07, 6.45) is 2.76. The number of benzene rings is 2. The van der Waals surface area contributed by atoms with E-state index in [1.165, 1.54) is 32.4 Å². The number of para-hydroxylation sites is 1. The molecule has 7 heteroatoms. The smallest absolute Gasteiger partial charge is 0.331 e. The quantitative estimate of drug-likeness (QED) is 0.331. The summed E-state index contributed by atoms with van der Waals surface area (Å²) in [5, 5.41) is 10.9. The molecule has 7 nitrogen and oxygen atoms in total. The van der Waals surface area contributed by atoms with E-state index in [1.807, 2.05) is 0 Å². The molecule has 25 heavy (non-hydrogen) atoms. The van der Waals surface area contributed by atoms with Crippen LogP contribution in [0.3, 0.4) is 0 Å². The summed E-state index contributed by atoms with van der Waals surface area (Å²) in [6.45, 7) is -0.185. The second-order valence-corrected chi connectivity index (χ2v) is 4.93. The molecule has 0 heterocycles. The number of nitro groups is 1. The molecule has 0 aliphatic rings. The van der Waals surface area contributed by atoms with Crippen molar-refractivity contribution in [3.63, 3.8) is 0 Å². The van der Waals surface area contributed by atoms with Crippen LogP contribution in [0.4, 0.5) is 5.69 Å². The summed E-state index contributed by atoms with van der Waals surface area (Å²) in [4.78, 5) is 22.3. The Bertz CT molecular complexity index is 800. The molecule has 2 rings (SSSR count). The van der Waals surface area contributed by atoms with Crippen LogP contribution in [0, 0.1) is 10.1 Å². The highest BCUT2D eigenvalue weighted by molar-refractivity contribution is 5.87. The molecule has 0 bridgehead atoms. The number of hydrogen-bond acceptors (Lipinski definition) is 6. The van der Waals surface area contributed by atoms with Gasteiger partial charge in [-0.05, 0) is 30.3 Å². The lowest BCUT2D eigenvalue weighted by Gasteiger charge is -2.07. The maximum Gasteiger partial charge on any atom is 0.331 e. The fraction of sp³-hybridized carbons (Fsp3) is 0.167. The highest BCUT2D eigenvalue weighted by Gasteiger charge is 2.13. The average Bonchev–Trinajstić information content (AvgIpc) is 2.64. The number of rotatable bonds is 7. The molecule has 0 N–H and O–H groups in total. The molecule has 2 aromatic carbocycles. The Morgan fingerprint density at radius 2 is 1.92 bits per heavy atom. The van der Waals surface area contributed by atoms with Crippen LogP contribution in [-0.4, -0.2) is 25.1 Å². The molecule has 0 fully saturated rings. The van der Waals surface area contributed by atoms with Gasteiger partial charge in [0.25, 0.3) is 5.69 Å². The third-order valence-corrected chi connectivity index (χ3v) is 3.39. The van der Waals surface area contributed by atoms with Crippen molar-refractivity contribution in [3.05, 3.63) is 69.8 Å². The van der Waals surface area contributed by atoms with E-state index in [2.05, 4.69) is 0 Å². The van der Waals surface area contributed by atoms with Gasteiger partial charge in [-0.15, -0.1) is 0 Å². The highest BCUT2D eigenvalue weighted by atomic mass is 16.6. The van der Waals surface area contributed by atoms with Crippen molar-refractivity contribution in [2.45, 2.75) is 6.61 Å². The lowest BCUT2D eigenvalue weighted by atomic mass is 10.1. The zero-order chi connectivity index (χ0) is 18.2.